The number of aryl methyl sites for hydroxylation is 1. The van der Waals surface area contributed by atoms with E-state index in [1.165, 1.54) is 14.2 Å². The van der Waals surface area contributed by atoms with Crippen LogP contribution in [0.1, 0.15) is 36.1 Å². The van der Waals surface area contributed by atoms with E-state index in [9.17, 15) is 9.59 Å². The molecule has 0 bridgehead atoms. The number of methoxy groups -OCH3 is 2. The highest BCUT2D eigenvalue weighted by atomic mass is 35.5. The quantitative estimate of drug-likeness (QED) is 0.471. The molecule has 2 aliphatic carbocycles. The van der Waals surface area contributed by atoms with Gasteiger partial charge in [-0.1, -0.05) is 24.1 Å². The number of pyridine rings is 1. The molecule has 0 saturated heterocycles. The highest BCUT2D eigenvalue weighted by Gasteiger charge is 2.63. The van der Waals surface area contributed by atoms with Crippen LogP contribution in [0, 0.1) is 18.8 Å². The second-order valence-corrected chi connectivity index (χ2v) is 6.75. The summed E-state index contributed by atoms with van der Waals surface area (Å²) in [6.45, 7) is 1.87. The van der Waals surface area contributed by atoms with Gasteiger partial charge in [0.2, 0.25) is 5.41 Å². The average molecular weight is 338 g/mol. The summed E-state index contributed by atoms with van der Waals surface area (Å²) in [4.78, 5) is 30.0. The third-order valence-corrected chi connectivity index (χ3v) is 5.70. The first-order chi connectivity index (χ1) is 11.0. The third-order valence-electron chi connectivity index (χ3n) is 5.32. The van der Waals surface area contributed by atoms with Crippen LogP contribution in [0.5, 0.6) is 0 Å². The van der Waals surface area contributed by atoms with Gasteiger partial charge < -0.3 is 9.47 Å². The number of fused-ring (bicyclic) bond motifs is 2. The lowest BCUT2D eigenvalue weighted by Crippen LogP contribution is -2.55. The number of nitrogens with zero attached hydrogens (tertiary/aromatic N) is 1. The molecule has 0 radical (unpaired) electrons. The number of ether oxygens (including phenoxy) is 2. The smallest absolute Gasteiger partial charge is 0.329 e. The summed E-state index contributed by atoms with van der Waals surface area (Å²) < 4.78 is 10.1. The van der Waals surface area contributed by atoms with Gasteiger partial charge in [-0.15, -0.1) is 0 Å². The van der Waals surface area contributed by atoms with Crippen molar-refractivity contribution in [3.8, 4) is 0 Å². The first-order valence-electron chi connectivity index (χ1n) is 7.80. The summed E-state index contributed by atoms with van der Waals surface area (Å²) in [7, 11) is 2.59. The molecule has 0 spiro atoms. The van der Waals surface area contributed by atoms with Crippen molar-refractivity contribution in [1.29, 1.82) is 0 Å². The van der Waals surface area contributed by atoms with Crippen LogP contribution in [0.25, 0.3) is 0 Å². The average Bonchev–Trinajstić information content (AvgIpc) is 3.01. The van der Waals surface area contributed by atoms with Crippen LogP contribution in [0.2, 0.25) is 5.15 Å². The van der Waals surface area contributed by atoms with E-state index in [4.69, 9.17) is 21.1 Å². The summed E-state index contributed by atoms with van der Waals surface area (Å²) in [6.07, 6.45) is 3.55. The maximum absolute atomic E-state index is 12.8. The first kappa shape index (κ1) is 16.2. The summed E-state index contributed by atoms with van der Waals surface area (Å²) in [5, 5.41) is 0.303. The Morgan fingerprint density at radius 2 is 1.91 bits per heavy atom. The summed E-state index contributed by atoms with van der Waals surface area (Å²) in [5.74, 6) is -1.10. The molecule has 5 nitrogen and oxygen atoms in total. The van der Waals surface area contributed by atoms with Crippen molar-refractivity contribution < 1.29 is 19.1 Å². The number of halogens is 1. The number of hydrogen-bond donors (Lipinski definition) is 0. The molecule has 0 amide bonds. The molecule has 1 heterocycles. The largest absolute Gasteiger partial charge is 0.468 e. The second kappa shape index (κ2) is 5.78. The fraction of sp³-hybridized carbons (Fsp3) is 0.588. The zero-order valence-electron chi connectivity index (χ0n) is 13.5. The van der Waals surface area contributed by atoms with Gasteiger partial charge in [0, 0.05) is 0 Å². The Labute approximate surface area is 140 Å². The molecule has 124 valence electrons. The van der Waals surface area contributed by atoms with E-state index < -0.39 is 17.4 Å². The fourth-order valence-electron chi connectivity index (χ4n) is 4.36. The molecular formula is C17H20ClNO4. The molecule has 1 saturated carbocycles. The Morgan fingerprint density at radius 3 is 2.52 bits per heavy atom. The van der Waals surface area contributed by atoms with E-state index in [0.717, 1.165) is 36.8 Å². The molecule has 1 aromatic heterocycles. The zero-order chi connectivity index (χ0) is 16.8. The minimum atomic E-state index is -1.50. The van der Waals surface area contributed by atoms with Gasteiger partial charge in [-0.3, -0.25) is 9.59 Å². The lowest BCUT2D eigenvalue weighted by Gasteiger charge is -2.41. The standard InChI is InChI=1S/C17H20ClNO4/c1-9-7-11-8-10-5-4-6-12(10)17(15(20)22-2,16(21)23-3)13(11)19-14(9)18/h7,10,12H,4-6,8H2,1-3H3/t10-,12-/m1/s1. The van der Waals surface area contributed by atoms with E-state index in [2.05, 4.69) is 4.98 Å². The number of carbonyl (C=O) groups excluding carboxylic acids is 2. The molecule has 0 N–H and O–H groups in total. The topological polar surface area (TPSA) is 65.5 Å². The highest BCUT2D eigenvalue weighted by Crippen LogP contribution is 2.52. The Morgan fingerprint density at radius 1 is 1.26 bits per heavy atom. The van der Waals surface area contributed by atoms with Gasteiger partial charge in [0.05, 0.1) is 19.9 Å². The van der Waals surface area contributed by atoms with Crippen LogP contribution in [0.4, 0.5) is 0 Å². The van der Waals surface area contributed by atoms with Gasteiger partial charge >= 0.3 is 11.9 Å². The van der Waals surface area contributed by atoms with Gasteiger partial charge in [0.15, 0.2) is 0 Å². The Kier molecular flexibility index (Phi) is 4.08. The van der Waals surface area contributed by atoms with Crippen LogP contribution < -0.4 is 0 Å². The van der Waals surface area contributed by atoms with Gasteiger partial charge in [-0.25, -0.2) is 4.98 Å². The number of hydrogen-bond acceptors (Lipinski definition) is 5. The number of rotatable bonds is 2. The van der Waals surface area contributed by atoms with Crippen molar-refractivity contribution in [3.05, 3.63) is 28.0 Å². The van der Waals surface area contributed by atoms with Gasteiger partial charge in [-0.2, -0.15) is 0 Å². The summed E-state index contributed by atoms with van der Waals surface area (Å²) >= 11 is 6.20. The fourth-order valence-corrected chi connectivity index (χ4v) is 4.49. The molecule has 0 aromatic carbocycles. The molecular weight excluding hydrogens is 318 g/mol. The maximum atomic E-state index is 12.8. The van der Waals surface area contributed by atoms with Crippen molar-refractivity contribution >= 4 is 23.5 Å². The molecule has 2 aliphatic rings. The molecule has 2 atom stereocenters. The Balaban J connectivity index is 2.32. The molecule has 3 rings (SSSR count). The normalized spacial score (nSPS) is 24.5. The number of carbonyl (C=O) groups is 2. The number of aromatic nitrogens is 1. The minimum absolute atomic E-state index is 0.152. The van der Waals surface area contributed by atoms with Crippen molar-refractivity contribution in [2.24, 2.45) is 11.8 Å². The second-order valence-electron chi connectivity index (χ2n) is 6.40. The Hall–Kier alpha value is -1.62. The predicted octanol–water partition coefficient (Wildman–Crippen LogP) is 2.60. The third kappa shape index (κ3) is 2.17. The lowest BCUT2D eigenvalue weighted by atomic mass is 9.61. The van der Waals surface area contributed by atoms with Gasteiger partial charge in [0.25, 0.3) is 0 Å². The van der Waals surface area contributed by atoms with Crippen LogP contribution >= 0.6 is 11.6 Å². The van der Waals surface area contributed by atoms with Crippen molar-refractivity contribution in [2.45, 2.75) is 38.0 Å². The van der Waals surface area contributed by atoms with Gasteiger partial charge in [0.1, 0.15) is 5.15 Å². The van der Waals surface area contributed by atoms with E-state index in [0.29, 0.717) is 10.8 Å². The first-order valence-corrected chi connectivity index (χ1v) is 8.17. The summed E-state index contributed by atoms with van der Waals surface area (Å²) in [6, 6.07) is 1.93. The van der Waals surface area contributed by atoms with E-state index in [-0.39, 0.29) is 11.8 Å². The van der Waals surface area contributed by atoms with E-state index in [1.54, 1.807) is 0 Å². The minimum Gasteiger partial charge on any atom is -0.468 e. The van der Waals surface area contributed by atoms with E-state index in [1.807, 2.05) is 13.0 Å². The predicted molar refractivity (Wildman–Crippen MR) is 84.2 cm³/mol. The van der Waals surface area contributed by atoms with Crippen LogP contribution in [0.3, 0.4) is 0 Å². The SMILES string of the molecule is COC(=O)C1(C(=O)OC)c2nc(Cl)c(C)cc2C[C@H]2CCC[C@H]21. The van der Waals surface area contributed by atoms with Crippen molar-refractivity contribution in [3.63, 3.8) is 0 Å². The molecule has 1 fully saturated rings. The monoisotopic (exact) mass is 337 g/mol. The molecule has 1 aromatic rings. The molecule has 23 heavy (non-hydrogen) atoms. The maximum Gasteiger partial charge on any atom is 0.329 e. The van der Waals surface area contributed by atoms with E-state index >= 15 is 0 Å². The summed E-state index contributed by atoms with van der Waals surface area (Å²) in [5.41, 5.74) is 0.640. The van der Waals surface area contributed by atoms with Crippen LogP contribution in [0.15, 0.2) is 6.07 Å². The van der Waals surface area contributed by atoms with Gasteiger partial charge in [-0.05, 0) is 49.1 Å². The van der Waals surface area contributed by atoms with Crippen molar-refractivity contribution in [1.82, 2.24) is 4.98 Å². The number of esters is 2. The molecule has 0 aliphatic heterocycles. The highest BCUT2D eigenvalue weighted by molar-refractivity contribution is 6.30. The molecule has 0 unspecified atom stereocenters. The van der Waals surface area contributed by atoms with Crippen LogP contribution in [-0.2, 0) is 30.9 Å². The van der Waals surface area contributed by atoms with Crippen LogP contribution in [-0.4, -0.2) is 31.1 Å². The zero-order valence-corrected chi connectivity index (χ0v) is 14.3. The molecule has 6 heteroatoms. The Bertz CT molecular complexity index is 657. The lowest BCUT2D eigenvalue weighted by molar-refractivity contribution is -0.167. The van der Waals surface area contributed by atoms with Crippen molar-refractivity contribution in [2.75, 3.05) is 14.2 Å².